The Morgan fingerprint density at radius 2 is 1.96 bits per heavy atom. The number of hydrogen-bond acceptors (Lipinski definition) is 4. The number of hydrogen-bond donors (Lipinski definition) is 1. The van der Waals surface area contributed by atoms with Gasteiger partial charge in [-0.25, -0.2) is 14.6 Å². The summed E-state index contributed by atoms with van der Waals surface area (Å²) in [5.41, 5.74) is 2.73. The van der Waals surface area contributed by atoms with Gasteiger partial charge in [0.05, 0.1) is 18.3 Å². The third-order valence-corrected chi connectivity index (χ3v) is 3.72. The van der Waals surface area contributed by atoms with E-state index in [1.807, 2.05) is 35.7 Å². The minimum Gasteiger partial charge on any atom is -0.391 e. The lowest BCUT2D eigenvalue weighted by atomic mass is 10.1. The highest BCUT2D eigenvalue weighted by molar-refractivity contribution is 5.60. The van der Waals surface area contributed by atoms with Gasteiger partial charge in [-0.2, -0.15) is 5.10 Å². The van der Waals surface area contributed by atoms with Crippen molar-refractivity contribution in [2.75, 3.05) is 0 Å². The van der Waals surface area contributed by atoms with Crippen molar-refractivity contribution in [1.82, 2.24) is 24.1 Å². The van der Waals surface area contributed by atoms with E-state index in [2.05, 4.69) is 18.9 Å². The topological polar surface area (TPSA) is 68.2 Å². The second-order valence-electron chi connectivity index (χ2n) is 6.46. The van der Waals surface area contributed by atoms with Gasteiger partial charge in [-0.05, 0) is 31.9 Å². The number of fused-ring (bicyclic) bond motifs is 1. The molecule has 122 valence electrons. The van der Waals surface area contributed by atoms with Crippen LogP contribution in [-0.4, -0.2) is 35.4 Å². The molecule has 6 nitrogen and oxygen atoms in total. The predicted molar refractivity (Wildman–Crippen MR) is 89.2 cm³/mol. The predicted octanol–water partition coefficient (Wildman–Crippen LogP) is 2.48. The fourth-order valence-corrected chi connectivity index (χ4v) is 2.72. The highest BCUT2D eigenvalue weighted by Gasteiger charge is 2.19. The van der Waals surface area contributed by atoms with E-state index in [4.69, 9.17) is 9.97 Å². The van der Waals surface area contributed by atoms with Crippen molar-refractivity contribution in [3.8, 4) is 11.5 Å². The van der Waals surface area contributed by atoms with E-state index in [0.29, 0.717) is 12.5 Å². The van der Waals surface area contributed by atoms with Crippen LogP contribution in [0.15, 0.2) is 24.4 Å². The Hall–Kier alpha value is -2.21. The van der Waals surface area contributed by atoms with Gasteiger partial charge in [0, 0.05) is 12.6 Å². The molecule has 0 saturated heterocycles. The molecular weight excluding hydrogens is 290 g/mol. The number of nitrogens with zero attached hydrogens (tertiary/aromatic N) is 5. The molecule has 0 aliphatic carbocycles. The van der Waals surface area contributed by atoms with Gasteiger partial charge in [0.25, 0.3) is 0 Å². The Morgan fingerprint density at radius 1 is 1.17 bits per heavy atom. The van der Waals surface area contributed by atoms with Crippen molar-refractivity contribution in [2.24, 2.45) is 5.92 Å². The minimum absolute atomic E-state index is 0.410. The first-order valence-corrected chi connectivity index (χ1v) is 8.01. The maximum Gasteiger partial charge on any atom is 0.179 e. The van der Waals surface area contributed by atoms with Crippen molar-refractivity contribution >= 4 is 5.65 Å². The van der Waals surface area contributed by atoms with Gasteiger partial charge in [0.2, 0.25) is 0 Å². The minimum atomic E-state index is -0.486. The van der Waals surface area contributed by atoms with Crippen molar-refractivity contribution in [3.63, 3.8) is 0 Å². The van der Waals surface area contributed by atoms with Crippen LogP contribution in [0.25, 0.3) is 17.2 Å². The first-order valence-electron chi connectivity index (χ1n) is 8.01. The summed E-state index contributed by atoms with van der Waals surface area (Å²) in [7, 11) is 0. The summed E-state index contributed by atoms with van der Waals surface area (Å²) < 4.78 is 3.82. The molecule has 3 rings (SSSR count). The average molecular weight is 313 g/mol. The molecule has 6 heteroatoms. The quantitative estimate of drug-likeness (QED) is 0.786. The third kappa shape index (κ3) is 3.12. The first-order chi connectivity index (χ1) is 11.0. The molecule has 0 aromatic carbocycles. The van der Waals surface area contributed by atoms with Gasteiger partial charge in [-0.1, -0.05) is 19.9 Å². The van der Waals surface area contributed by atoms with Gasteiger partial charge in [-0.3, -0.25) is 0 Å². The summed E-state index contributed by atoms with van der Waals surface area (Å²) in [4.78, 5) is 9.40. The van der Waals surface area contributed by atoms with Crippen LogP contribution in [0.1, 0.15) is 32.3 Å². The second kappa shape index (κ2) is 6.12. The van der Waals surface area contributed by atoms with Crippen LogP contribution in [-0.2, 0) is 13.0 Å². The number of aromatic nitrogens is 5. The highest BCUT2D eigenvalue weighted by atomic mass is 16.3. The van der Waals surface area contributed by atoms with E-state index in [-0.39, 0.29) is 0 Å². The molecule has 0 aliphatic rings. The maximum atomic E-state index is 9.76. The van der Waals surface area contributed by atoms with Crippen molar-refractivity contribution < 1.29 is 5.11 Å². The van der Waals surface area contributed by atoms with Gasteiger partial charge >= 0.3 is 0 Å². The number of imidazole rings is 1. The van der Waals surface area contributed by atoms with Gasteiger partial charge < -0.3 is 9.51 Å². The number of rotatable bonds is 5. The Bertz CT molecular complexity index is 816. The standard InChI is InChI=1S/C17H23N5O/c1-11(2)9-14-18-17(22(20-14)10-12(3)23)16-13(4)21-8-6-5-7-15(21)19-16/h5-8,11-12,23H,9-10H2,1-4H3. The molecule has 1 unspecified atom stereocenters. The van der Waals surface area contributed by atoms with Crippen molar-refractivity contribution in [1.29, 1.82) is 0 Å². The van der Waals surface area contributed by atoms with E-state index < -0.39 is 6.10 Å². The normalized spacial score (nSPS) is 13.1. The summed E-state index contributed by atoms with van der Waals surface area (Å²) in [5.74, 6) is 2.00. The zero-order valence-corrected chi connectivity index (χ0v) is 14.1. The molecular formula is C17H23N5O. The molecule has 1 N–H and O–H groups in total. The first kappa shape index (κ1) is 15.7. The van der Waals surface area contributed by atoms with Crippen LogP contribution in [0.5, 0.6) is 0 Å². The lowest BCUT2D eigenvalue weighted by Gasteiger charge is -2.06. The maximum absolute atomic E-state index is 9.76. The molecule has 0 aliphatic heterocycles. The summed E-state index contributed by atoms with van der Waals surface area (Å²) >= 11 is 0. The van der Waals surface area contributed by atoms with E-state index in [1.165, 1.54) is 0 Å². The molecule has 0 saturated carbocycles. The van der Waals surface area contributed by atoms with Gasteiger partial charge in [0.15, 0.2) is 11.6 Å². The summed E-state index contributed by atoms with van der Waals surface area (Å²) in [6.07, 6.45) is 2.32. The Balaban J connectivity index is 2.12. The molecule has 0 amide bonds. The SMILES string of the molecule is Cc1c(-c2nc(CC(C)C)nn2CC(C)O)nc2ccccn12. The molecule has 23 heavy (non-hydrogen) atoms. The van der Waals surface area contributed by atoms with Crippen molar-refractivity contribution in [3.05, 3.63) is 35.9 Å². The van der Waals surface area contributed by atoms with E-state index in [1.54, 1.807) is 11.6 Å². The van der Waals surface area contributed by atoms with Crippen LogP contribution < -0.4 is 0 Å². The zero-order valence-electron chi connectivity index (χ0n) is 14.1. The number of aryl methyl sites for hydroxylation is 1. The summed E-state index contributed by atoms with van der Waals surface area (Å²) in [6, 6.07) is 5.92. The van der Waals surface area contributed by atoms with Crippen LogP contribution in [0.3, 0.4) is 0 Å². The van der Waals surface area contributed by atoms with E-state index in [0.717, 1.165) is 35.1 Å². The number of pyridine rings is 1. The largest absolute Gasteiger partial charge is 0.391 e. The smallest absolute Gasteiger partial charge is 0.179 e. The highest BCUT2D eigenvalue weighted by Crippen LogP contribution is 2.23. The Labute approximate surface area is 135 Å². The van der Waals surface area contributed by atoms with Crippen molar-refractivity contribution in [2.45, 2.75) is 46.8 Å². The molecule has 3 aromatic heterocycles. The Morgan fingerprint density at radius 3 is 2.61 bits per heavy atom. The number of aliphatic hydroxyl groups excluding tert-OH is 1. The molecule has 0 fully saturated rings. The van der Waals surface area contributed by atoms with E-state index >= 15 is 0 Å². The number of aliphatic hydroxyl groups is 1. The fraction of sp³-hybridized carbons (Fsp3) is 0.471. The summed E-state index contributed by atoms with van der Waals surface area (Å²) in [5, 5.41) is 14.3. The second-order valence-corrected chi connectivity index (χ2v) is 6.46. The van der Waals surface area contributed by atoms with Crippen LogP contribution in [0.4, 0.5) is 0 Å². The average Bonchev–Trinajstić information content (AvgIpc) is 2.99. The molecule has 3 heterocycles. The molecule has 3 aromatic rings. The van der Waals surface area contributed by atoms with Crippen LogP contribution >= 0.6 is 0 Å². The third-order valence-electron chi connectivity index (χ3n) is 3.72. The lowest BCUT2D eigenvalue weighted by Crippen LogP contribution is -2.14. The molecule has 0 spiro atoms. The Kier molecular flexibility index (Phi) is 4.17. The van der Waals surface area contributed by atoms with Gasteiger partial charge in [0.1, 0.15) is 11.3 Å². The molecule has 0 radical (unpaired) electrons. The van der Waals surface area contributed by atoms with Crippen LogP contribution in [0.2, 0.25) is 0 Å². The zero-order chi connectivity index (χ0) is 16.6. The monoisotopic (exact) mass is 313 g/mol. The fourth-order valence-electron chi connectivity index (χ4n) is 2.72. The molecule has 1 atom stereocenters. The molecule has 0 bridgehead atoms. The van der Waals surface area contributed by atoms with Gasteiger partial charge in [-0.15, -0.1) is 0 Å². The van der Waals surface area contributed by atoms with E-state index in [9.17, 15) is 5.11 Å². The van der Waals surface area contributed by atoms with Crippen LogP contribution in [0, 0.1) is 12.8 Å². The summed E-state index contributed by atoms with van der Waals surface area (Å²) in [6.45, 7) is 8.48. The lowest BCUT2D eigenvalue weighted by molar-refractivity contribution is 0.169.